The number of aliphatic hydroxyl groups is 1. The van der Waals surface area contributed by atoms with Gasteiger partial charge in [-0.15, -0.1) is 0 Å². The van der Waals surface area contributed by atoms with Crippen LogP contribution in [-0.4, -0.2) is 23.1 Å². The molecule has 19 heavy (non-hydrogen) atoms. The molecule has 2 aromatic rings. The highest BCUT2D eigenvalue weighted by atomic mass is 16.3. The predicted molar refractivity (Wildman–Crippen MR) is 75.5 cm³/mol. The van der Waals surface area contributed by atoms with Gasteiger partial charge in [-0.25, -0.2) is 0 Å². The first-order valence-corrected chi connectivity index (χ1v) is 6.48. The maximum absolute atomic E-state index is 10.3. The number of benzene rings is 1. The van der Waals surface area contributed by atoms with E-state index in [1.165, 1.54) is 0 Å². The minimum Gasteiger partial charge on any atom is -0.468 e. The largest absolute Gasteiger partial charge is 0.468 e. The molecule has 0 aliphatic heterocycles. The minimum atomic E-state index is -0.587. The number of hydrogen-bond acceptors (Lipinski definition) is 4. The third-order valence-corrected chi connectivity index (χ3v) is 3.19. The molecule has 0 radical (unpaired) electrons. The highest BCUT2D eigenvalue weighted by Gasteiger charge is 2.15. The molecule has 102 valence electrons. The summed E-state index contributed by atoms with van der Waals surface area (Å²) >= 11 is 0. The summed E-state index contributed by atoms with van der Waals surface area (Å²) in [5, 5.41) is 10.3. The summed E-state index contributed by atoms with van der Waals surface area (Å²) < 4.78 is 5.33. The first kappa shape index (κ1) is 13.6. The maximum Gasteiger partial charge on any atom is 0.117 e. The number of furan rings is 1. The SMILES string of the molecule is CCN(Cc1ccco1)CC(O)c1ccccc1N. The Kier molecular flexibility index (Phi) is 4.60. The van der Waals surface area contributed by atoms with Crippen molar-refractivity contribution in [3.05, 3.63) is 54.0 Å². The lowest BCUT2D eigenvalue weighted by Gasteiger charge is -2.23. The lowest BCUT2D eigenvalue weighted by molar-refractivity contribution is 0.109. The van der Waals surface area contributed by atoms with Gasteiger partial charge in [0.25, 0.3) is 0 Å². The molecule has 4 heteroatoms. The van der Waals surface area contributed by atoms with Crippen molar-refractivity contribution in [1.29, 1.82) is 0 Å². The van der Waals surface area contributed by atoms with Crippen molar-refractivity contribution in [2.24, 2.45) is 0 Å². The van der Waals surface area contributed by atoms with Crippen LogP contribution in [0.4, 0.5) is 5.69 Å². The Balaban J connectivity index is 2.00. The average Bonchev–Trinajstić information content (AvgIpc) is 2.91. The molecule has 1 aromatic heterocycles. The Labute approximate surface area is 113 Å². The predicted octanol–water partition coefficient (Wildman–Crippen LogP) is 2.42. The van der Waals surface area contributed by atoms with Crippen molar-refractivity contribution in [3.8, 4) is 0 Å². The zero-order valence-electron chi connectivity index (χ0n) is 11.1. The summed E-state index contributed by atoms with van der Waals surface area (Å²) in [6.07, 6.45) is 1.07. The number of para-hydroxylation sites is 1. The normalized spacial score (nSPS) is 12.8. The van der Waals surface area contributed by atoms with Gasteiger partial charge < -0.3 is 15.3 Å². The van der Waals surface area contributed by atoms with Crippen molar-refractivity contribution < 1.29 is 9.52 Å². The zero-order chi connectivity index (χ0) is 13.7. The molecule has 1 heterocycles. The quantitative estimate of drug-likeness (QED) is 0.783. The van der Waals surface area contributed by atoms with E-state index >= 15 is 0 Å². The van der Waals surface area contributed by atoms with Crippen molar-refractivity contribution in [2.45, 2.75) is 19.6 Å². The van der Waals surface area contributed by atoms with Gasteiger partial charge in [0.05, 0.1) is 18.9 Å². The zero-order valence-corrected chi connectivity index (χ0v) is 11.1. The number of nitrogens with two attached hydrogens (primary N) is 1. The van der Waals surface area contributed by atoms with Gasteiger partial charge in [-0.1, -0.05) is 25.1 Å². The van der Waals surface area contributed by atoms with E-state index in [-0.39, 0.29) is 0 Å². The van der Waals surface area contributed by atoms with E-state index in [4.69, 9.17) is 10.2 Å². The fraction of sp³-hybridized carbons (Fsp3) is 0.333. The fourth-order valence-electron chi connectivity index (χ4n) is 2.09. The Morgan fingerprint density at radius 2 is 2.05 bits per heavy atom. The fourth-order valence-corrected chi connectivity index (χ4v) is 2.09. The van der Waals surface area contributed by atoms with Crippen LogP contribution in [0.5, 0.6) is 0 Å². The van der Waals surface area contributed by atoms with Crippen molar-refractivity contribution in [2.75, 3.05) is 18.8 Å². The van der Waals surface area contributed by atoms with Gasteiger partial charge in [0.1, 0.15) is 5.76 Å². The highest BCUT2D eigenvalue weighted by Crippen LogP contribution is 2.21. The van der Waals surface area contributed by atoms with Gasteiger partial charge in [-0.05, 0) is 24.7 Å². The summed E-state index contributed by atoms with van der Waals surface area (Å²) in [6, 6.07) is 11.2. The van der Waals surface area contributed by atoms with Gasteiger partial charge in [-0.3, -0.25) is 4.90 Å². The van der Waals surface area contributed by atoms with Crippen LogP contribution in [0, 0.1) is 0 Å². The van der Waals surface area contributed by atoms with E-state index < -0.39 is 6.10 Å². The van der Waals surface area contributed by atoms with E-state index in [9.17, 15) is 5.11 Å². The molecule has 0 spiro atoms. The van der Waals surface area contributed by atoms with Crippen LogP contribution in [0.1, 0.15) is 24.4 Å². The standard InChI is InChI=1S/C15H20N2O2/c1-2-17(10-12-6-5-9-19-12)11-15(18)13-7-3-4-8-14(13)16/h3-9,15,18H,2,10-11,16H2,1H3. The molecule has 0 saturated heterocycles. The Hall–Kier alpha value is -1.78. The molecule has 1 aromatic carbocycles. The summed E-state index contributed by atoms with van der Waals surface area (Å²) in [7, 11) is 0. The first-order chi connectivity index (χ1) is 9.20. The van der Waals surface area contributed by atoms with E-state index in [0.29, 0.717) is 18.8 Å². The lowest BCUT2D eigenvalue weighted by atomic mass is 10.1. The molecule has 0 aliphatic carbocycles. The Bertz CT molecular complexity index is 497. The highest BCUT2D eigenvalue weighted by molar-refractivity contribution is 5.47. The molecule has 0 fully saturated rings. The summed E-state index contributed by atoms with van der Waals surface area (Å²) in [5.74, 6) is 0.898. The van der Waals surface area contributed by atoms with Crippen LogP contribution in [0.15, 0.2) is 47.1 Å². The minimum absolute atomic E-state index is 0.533. The number of aliphatic hydroxyl groups excluding tert-OH is 1. The third kappa shape index (κ3) is 3.59. The second-order valence-corrected chi connectivity index (χ2v) is 4.55. The van der Waals surface area contributed by atoms with E-state index in [2.05, 4.69) is 11.8 Å². The Morgan fingerprint density at radius 3 is 2.68 bits per heavy atom. The van der Waals surface area contributed by atoms with Gasteiger partial charge in [0, 0.05) is 17.8 Å². The number of rotatable bonds is 6. The maximum atomic E-state index is 10.3. The molecule has 1 atom stereocenters. The van der Waals surface area contributed by atoms with Crippen molar-refractivity contribution in [3.63, 3.8) is 0 Å². The molecular formula is C15H20N2O2. The monoisotopic (exact) mass is 260 g/mol. The van der Waals surface area contributed by atoms with E-state index in [0.717, 1.165) is 17.9 Å². The molecule has 1 unspecified atom stereocenters. The van der Waals surface area contributed by atoms with Crippen LogP contribution < -0.4 is 5.73 Å². The summed E-state index contributed by atoms with van der Waals surface area (Å²) in [6.45, 7) is 4.12. The second-order valence-electron chi connectivity index (χ2n) is 4.55. The lowest BCUT2D eigenvalue weighted by Crippen LogP contribution is -2.28. The van der Waals surface area contributed by atoms with Crippen LogP contribution in [-0.2, 0) is 6.54 Å². The summed E-state index contributed by atoms with van der Waals surface area (Å²) in [5.41, 5.74) is 7.28. The van der Waals surface area contributed by atoms with Gasteiger partial charge >= 0.3 is 0 Å². The smallest absolute Gasteiger partial charge is 0.117 e. The van der Waals surface area contributed by atoms with E-state index in [1.807, 2.05) is 30.3 Å². The van der Waals surface area contributed by atoms with Crippen molar-refractivity contribution >= 4 is 5.69 Å². The topological polar surface area (TPSA) is 62.6 Å². The number of likely N-dealkylation sites (N-methyl/N-ethyl adjacent to an activating group) is 1. The molecular weight excluding hydrogens is 240 g/mol. The van der Waals surface area contributed by atoms with Gasteiger partial charge in [0.2, 0.25) is 0 Å². The molecule has 0 amide bonds. The van der Waals surface area contributed by atoms with Gasteiger partial charge in [0.15, 0.2) is 0 Å². The number of nitrogens with zero attached hydrogens (tertiary/aromatic N) is 1. The van der Waals surface area contributed by atoms with Crippen LogP contribution in [0.2, 0.25) is 0 Å². The molecule has 0 saturated carbocycles. The van der Waals surface area contributed by atoms with Gasteiger partial charge in [-0.2, -0.15) is 0 Å². The molecule has 3 N–H and O–H groups in total. The van der Waals surface area contributed by atoms with Crippen LogP contribution in [0.3, 0.4) is 0 Å². The molecule has 0 bridgehead atoms. The Morgan fingerprint density at radius 1 is 1.26 bits per heavy atom. The molecule has 0 aliphatic rings. The van der Waals surface area contributed by atoms with Crippen molar-refractivity contribution in [1.82, 2.24) is 4.90 Å². The number of nitrogen functional groups attached to an aromatic ring is 1. The molecule has 4 nitrogen and oxygen atoms in total. The average molecular weight is 260 g/mol. The molecule has 2 rings (SSSR count). The summed E-state index contributed by atoms with van der Waals surface area (Å²) in [4.78, 5) is 2.12. The first-order valence-electron chi connectivity index (χ1n) is 6.48. The number of anilines is 1. The van der Waals surface area contributed by atoms with Crippen LogP contribution in [0.25, 0.3) is 0 Å². The second kappa shape index (κ2) is 6.41. The van der Waals surface area contributed by atoms with Crippen LogP contribution >= 0.6 is 0 Å². The number of hydrogen-bond donors (Lipinski definition) is 2. The van der Waals surface area contributed by atoms with E-state index in [1.54, 1.807) is 12.3 Å². The third-order valence-electron chi connectivity index (χ3n) is 3.19.